The number of ether oxygens (including phenoxy) is 1. The molecule has 1 aliphatic heterocycles. The Kier molecular flexibility index (Phi) is 5.29. The van der Waals surface area contributed by atoms with E-state index in [4.69, 9.17) is 4.74 Å². The molecule has 1 N–H and O–H groups in total. The highest BCUT2D eigenvalue weighted by Gasteiger charge is 2.28. The lowest BCUT2D eigenvalue weighted by molar-refractivity contribution is -0.149. The molecule has 7 heteroatoms. The number of carbonyl (C=O) groups is 2. The SMILES string of the molecule is CCOC(=O)C1CCN(C(=O)c2ccc3[nH]nc(-c4ccc(F)cc4)c3c2)CC1. The lowest BCUT2D eigenvalue weighted by atomic mass is 9.96. The molecule has 150 valence electrons. The second-order valence-corrected chi connectivity index (χ2v) is 7.16. The van der Waals surface area contributed by atoms with Crippen LogP contribution in [0.25, 0.3) is 22.2 Å². The van der Waals surface area contributed by atoms with Crippen LogP contribution in [0.3, 0.4) is 0 Å². The van der Waals surface area contributed by atoms with E-state index < -0.39 is 0 Å². The molecule has 2 aromatic carbocycles. The number of carbonyl (C=O) groups excluding carboxylic acids is 2. The van der Waals surface area contributed by atoms with Crippen LogP contribution in [-0.4, -0.2) is 46.7 Å². The Labute approximate surface area is 167 Å². The zero-order valence-corrected chi connectivity index (χ0v) is 16.2. The van der Waals surface area contributed by atoms with Crippen molar-refractivity contribution in [3.05, 3.63) is 53.8 Å². The van der Waals surface area contributed by atoms with Gasteiger partial charge in [0.05, 0.1) is 23.7 Å². The number of aromatic amines is 1. The van der Waals surface area contributed by atoms with Gasteiger partial charge in [0.15, 0.2) is 0 Å². The maximum atomic E-state index is 13.2. The second-order valence-electron chi connectivity index (χ2n) is 7.16. The fourth-order valence-electron chi connectivity index (χ4n) is 3.74. The van der Waals surface area contributed by atoms with E-state index in [1.54, 1.807) is 30.0 Å². The van der Waals surface area contributed by atoms with Crippen molar-refractivity contribution in [3.8, 4) is 11.3 Å². The highest BCUT2D eigenvalue weighted by atomic mass is 19.1. The van der Waals surface area contributed by atoms with Crippen LogP contribution >= 0.6 is 0 Å². The summed E-state index contributed by atoms with van der Waals surface area (Å²) in [6.07, 6.45) is 1.22. The minimum absolute atomic E-state index is 0.0690. The number of benzene rings is 2. The molecule has 0 aliphatic carbocycles. The van der Waals surface area contributed by atoms with Gasteiger partial charge < -0.3 is 9.64 Å². The summed E-state index contributed by atoms with van der Waals surface area (Å²) < 4.78 is 18.3. The van der Waals surface area contributed by atoms with Gasteiger partial charge in [-0.05, 0) is 62.2 Å². The normalized spacial score (nSPS) is 14.9. The highest BCUT2D eigenvalue weighted by Crippen LogP contribution is 2.28. The number of amides is 1. The number of hydrogen-bond donors (Lipinski definition) is 1. The summed E-state index contributed by atoms with van der Waals surface area (Å²) in [6, 6.07) is 11.5. The molecule has 1 aliphatic rings. The average Bonchev–Trinajstić information content (AvgIpc) is 3.17. The van der Waals surface area contributed by atoms with Gasteiger partial charge in [-0.2, -0.15) is 5.10 Å². The van der Waals surface area contributed by atoms with Crippen molar-refractivity contribution in [1.29, 1.82) is 0 Å². The number of hydrogen-bond acceptors (Lipinski definition) is 4. The summed E-state index contributed by atoms with van der Waals surface area (Å²) in [5, 5.41) is 8.10. The van der Waals surface area contributed by atoms with Gasteiger partial charge in [-0.25, -0.2) is 4.39 Å². The lowest BCUT2D eigenvalue weighted by Gasteiger charge is -2.31. The number of halogens is 1. The predicted molar refractivity (Wildman–Crippen MR) is 107 cm³/mol. The molecule has 0 spiro atoms. The van der Waals surface area contributed by atoms with Crippen molar-refractivity contribution in [2.75, 3.05) is 19.7 Å². The first-order valence-electron chi connectivity index (χ1n) is 9.76. The number of nitrogens with zero attached hydrogens (tertiary/aromatic N) is 2. The lowest BCUT2D eigenvalue weighted by Crippen LogP contribution is -2.40. The van der Waals surface area contributed by atoms with E-state index in [0.29, 0.717) is 43.8 Å². The zero-order valence-electron chi connectivity index (χ0n) is 16.2. The number of rotatable bonds is 4. The Morgan fingerprint density at radius 2 is 1.90 bits per heavy atom. The van der Waals surface area contributed by atoms with Crippen LogP contribution in [0, 0.1) is 11.7 Å². The van der Waals surface area contributed by atoms with E-state index in [9.17, 15) is 14.0 Å². The summed E-state index contributed by atoms with van der Waals surface area (Å²) in [5.41, 5.74) is 2.83. The molecule has 1 fully saturated rings. The maximum absolute atomic E-state index is 13.2. The van der Waals surface area contributed by atoms with Gasteiger partial charge in [-0.15, -0.1) is 0 Å². The molecule has 0 saturated carbocycles. The molecule has 1 aromatic heterocycles. The number of aromatic nitrogens is 2. The van der Waals surface area contributed by atoms with Crippen molar-refractivity contribution < 1.29 is 18.7 Å². The van der Waals surface area contributed by atoms with E-state index >= 15 is 0 Å². The van der Waals surface area contributed by atoms with Crippen LogP contribution in [0.5, 0.6) is 0 Å². The fraction of sp³-hybridized carbons (Fsp3) is 0.318. The summed E-state index contributed by atoms with van der Waals surface area (Å²) >= 11 is 0. The predicted octanol–water partition coefficient (Wildman–Crippen LogP) is 3.78. The van der Waals surface area contributed by atoms with Gasteiger partial charge in [0.1, 0.15) is 5.82 Å². The molecular weight excluding hydrogens is 373 g/mol. The van der Waals surface area contributed by atoms with E-state index in [1.165, 1.54) is 12.1 Å². The zero-order chi connectivity index (χ0) is 20.4. The third kappa shape index (κ3) is 3.85. The van der Waals surface area contributed by atoms with Crippen molar-refractivity contribution in [2.24, 2.45) is 5.92 Å². The first kappa shape index (κ1) is 19.1. The van der Waals surface area contributed by atoms with E-state index in [2.05, 4.69) is 10.2 Å². The van der Waals surface area contributed by atoms with Crippen LogP contribution in [0.15, 0.2) is 42.5 Å². The first-order chi connectivity index (χ1) is 14.1. The third-order valence-electron chi connectivity index (χ3n) is 5.33. The van der Waals surface area contributed by atoms with Crippen molar-refractivity contribution >= 4 is 22.8 Å². The van der Waals surface area contributed by atoms with Gasteiger partial charge in [0, 0.05) is 29.6 Å². The van der Waals surface area contributed by atoms with Crippen molar-refractivity contribution in [2.45, 2.75) is 19.8 Å². The number of esters is 1. The van der Waals surface area contributed by atoms with Crippen molar-refractivity contribution in [3.63, 3.8) is 0 Å². The minimum atomic E-state index is -0.310. The highest BCUT2D eigenvalue weighted by molar-refractivity contribution is 6.01. The number of likely N-dealkylation sites (tertiary alicyclic amines) is 1. The molecule has 3 aromatic rings. The molecule has 0 atom stereocenters. The van der Waals surface area contributed by atoms with Gasteiger partial charge in [-0.1, -0.05) is 0 Å². The van der Waals surface area contributed by atoms with E-state index in [-0.39, 0.29) is 23.6 Å². The first-order valence-corrected chi connectivity index (χ1v) is 9.76. The Morgan fingerprint density at radius 3 is 2.59 bits per heavy atom. The fourth-order valence-corrected chi connectivity index (χ4v) is 3.74. The third-order valence-corrected chi connectivity index (χ3v) is 5.33. The Hall–Kier alpha value is -3.22. The number of nitrogens with one attached hydrogen (secondary N) is 1. The van der Waals surface area contributed by atoms with E-state index in [1.807, 2.05) is 12.1 Å². The molecule has 0 radical (unpaired) electrons. The Balaban J connectivity index is 1.54. The molecule has 0 unspecified atom stereocenters. The standard InChI is InChI=1S/C22H22FN3O3/c1-2-29-22(28)15-9-11-26(12-10-15)21(27)16-5-8-19-18(13-16)20(25-24-19)14-3-6-17(23)7-4-14/h3-8,13,15H,2,9-12H2,1H3,(H,24,25). The molecule has 1 saturated heterocycles. The summed E-state index contributed by atoms with van der Waals surface area (Å²) in [4.78, 5) is 26.7. The second kappa shape index (κ2) is 8.03. The van der Waals surface area contributed by atoms with Gasteiger partial charge in [0.25, 0.3) is 5.91 Å². The van der Waals surface area contributed by atoms with Crippen molar-refractivity contribution in [1.82, 2.24) is 15.1 Å². The van der Waals surface area contributed by atoms with E-state index in [0.717, 1.165) is 16.5 Å². The molecule has 29 heavy (non-hydrogen) atoms. The molecule has 1 amide bonds. The quantitative estimate of drug-likeness (QED) is 0.682. The number of piperidine rings is 1. The molecule has 6 nitrogen and oxygen atoms in total. The minimum Gasteiger partial charge on any atom is -0.466 e. The Bertz CT molecular complexity index is 1040. The van der Waals surface area contributed by atoms with Gasteiger partial charge in [-0.3, -0.25) is 14.7 Å². The molecular formula is C22H22FN3O3. The smallest absolute Gasteiger partial charge is 0.309 e. The van der Waals surface area contributed by atoms with Gasteiger partial charge >= 0.3 is 5.97 Å². The van der Waals surface area contributed by atoms with Crippen LogP contribution in [0.4, 0.5) is 4.39 Å². The maximum Gasteiger partial charge on any atom is 0.309 e. The van der Waals surface area contributed by atoms with Crippen LogP contribution in [-0.2, 0) is 9.53 Å². The topological polar surface area (TPSA) is 75.3 Å². The monoisotopic (exact) mass is 395 g/mol. The van der Waals surface area contributed by atoms with Crippen LogP contribution < -0.4 is 0 Å². The Morgan fingerprint density at radius 1 is 1.17 bits per heavy atom. The average molecular weight is 395 g/mol. The molecule has 0 bridgehead atoms. The van der Waals surface area contributed by atoms with Crippen LogP contribution in [0.1, 0.15) is 30.1 Å². The molecule has 4 rings (SSSR count). The van der Waals surface area contributed by atoms with Crippen LogP contribution in [0.2, 0.25) is 0 Å². The molecule has 2 heterocycles. The summed E-state index contributed by atoms with van der Waals surface area (Å²) in [5.74, 6) is -0.695. The van der Waals surface area contributed by atoms with Gasteiger partial charge in [0.2, 0.25) is 0 Å². The largest absolute Gasteiger partial charge is 0.466 e. The summed E-state index contributed by atoms with van der Waals surface area (Å²) in [7, 11) is 0. The summed E-state index contributed by atoms with van der Waals surface area (Å²) in [6.45, 7) is 3.22. The number of H-pyrrole nitrogens is 1. The number of fused-ring (bicyclic) bond motifs is 1.